The van der Waals surface area contributed by atoms with Crippen molar-refractivity contribution in [2.24, 2.45) is 5.73 Å². The van der Waals surface area contributed by atoms with Crippen LogP contribution in [-0.2, 0) is 11.3 Å². The van der Waals surface area contributed by atoms with Gasteiger partial charge in [-0.2, -0.15) is 0 Å². The maximum atomic E-state index is 11.8. The summed E-state index contributed by atoms with van der Waals surface area (Å²) in [5.41, 5.74) is 7.01. The van der Waals surface area contributed by atoms with E-state index in [-0.39, 0.29) is 11.9 Å². The van der Waals surface area contributed by atoms with Crippen molar-refractivity contribution in [3.05, 3.63) is 30.1 Å². The van der Waals surface area contributed by atoms with Crippen molar-refractivity contribution in [1.29, 1.82) is 0 Å². The summed E-state index contributed by atoms with van der Waals surface area (Å²) in [6.07, 6.45) is 4.03. The van der Waals surface area contributed by atoms with Crippen LogP contribution in [0, 0.1) is 0 Å². The molecule has 0 aliphatic rings. The molecule has 2 N–H and O–H groups in total. The van der Waals surface area contributed by atoms with Gasteiger partial charge in [-0.1, -0.05) is 6.92 Å². The Morgan fingerprint density at radius 3 is 2.47 bits per heavy atom. The van der Waals surface area contributed by atoms with Gasteiger partial charge in [0.25, 0.3) is 0 Å². The lowest BCUT2D eigenvalue weighted by molar-refractivity contribution is -0.130. The van der Waals surface area contributed by atoms with Gasteiger partial charge >= 0.3 is 0 Å². The molecule has 1 unspecified atom stereocenters. The summed E-state index contributed by atoms with van der Waals surface area (Å²) in [6.45, 7) is 4.23. The van der Waals surface area contributed by atoms with Crippen LogP contribution in [0.1, 0.15) is 18.9 Å². The van der Waals surface area contributed by atoms with Crippen molar-refractivity contribution in [3.8, 4) is 0 Å². The first-order chi connectivity index (χ1) is 9.08. The fraction of sp³-hybridized carbons (Fsp3) is 0.571. The monoisotopic (exact) mass is 264 g/mol. The Morgan fingerprint density at radius 1 is 1.37 bits per heavy atom. The largest absolute Gasteiger partial charge is 0.349 e. The third-order valence-corrected chi connectivity index (χ3v) is 3.24. The lowest BCUT2D eigenvalue weighted by Gasteiger charge is -2.30. The van der Waals surface area contributed by atoms with E-state index in [9.17, 15) is 4.79 Å². The average Bonchev–Trinajstić information content (AvgIpc) is 2.43. The fourth-order valence-corrected chi connectivity index (χ4v) is 1.97. The molecule has 0 aromatic carbocycles. The van der Waals surface area contributed by atoms with Gasteiger partial charge in [-0.05, 0) is 24.2 Å². The van der Waals surface area contributed by atoms with Crippen molar-refractivity contribution in [3.63, 3.8) is 0 Å². The van der Waals surface area contributed by atoms with Crippen LogP contribution in [0.3, 0.4) is 0 Å². The molecule has 1 aromatic rings. The van der Waals surface area contributed by atoms with E-state index in [1.165, 1.54) is 5.56 Å². The fourth-order valence-electron chi connectivity index (χ4n) is 1.97. The summed E-state index contributed by atoms with van der Waals surface area (Å²) in [6, 6.07) is 4.06. The Kier molecular flexibility index (Phi) is 6.45. The quantitative estimate of drug-likeness (QED) is 0.788. The minimum Gasteiger partial charge on any atom is -0.349 e. The summed E-state index contributed by atoms with van der Waals surface area (Å²) in [7, 11) is 3.55. The molecule has 0 aliphatic carbocycles. The SMILES string of the molecule is CCN(Cc1ccncc1)C(CN)CC(=O)N(C)C. The number of hydrogen-bond acceptors (Lipinski definition) is 4. The summed E-state index contributed by atoms with van der Waals surface area (Å²) in [5, 5.41) is 0. The molecule has 1 atom stereocenters. The zero-order chi connectivity index (χ0) is 14.3. The van der Waals surface area contributed by atoms with Gasteiger partial charge in [0.15, 0.2) is 0 Å². The Morgan fingerprint density at radius 2 is 2.00 bits per heavy atom. The van der Waals surface area contributed by atoms with Crippen LogP contribution in [0.5, 0.6) is 0 Å². The zero-order valence-corrected chi connectivity index (χ0v) is 12.0. The number of aromatic nitrogens is 1. The van der Waals surface area contributed by atoms with Gasteiger partial charge in [0.2, 0.25) is 5.91 Å². The first kappa shape index (κ1) is 15.6. The number of carbonyl (C=O) groups excluding carboxylic acids is 1. The third-order valence-electron chi connectivity index (χ3n) is 3.24. The molecule has 0 fully saturated rings. The normalized spacial score (nSPS) is 12.5. The highest BCUT2D eigenvalue weighted by atomic mass is 16.2. The standard InChI is InChI=1S/C14H24N4O/c1-4-18(11-12-5-7-16-8-6-12)13(10-15)9-14(19)17(2)3/h5-8,13H,4,9-11,15H2,1-3H3. The highest BCUT2D eigenvalue weighted by molar-refractivity contribution is 5.76. The molecular weight excluding hydrogens is 240 g/mol. The molecule has 0 saturated heterocycles. The molecule has 106 valence electrons. The second-order valence-corrected chi connectivity index (χ2v) is 4.80. The van der Waals surface area contributed by atoms with Gasteiger partial charge < -0.3 is 10.6 Å². The highest BCUT2D eigenvalue weighted by Crippen LogP contribution is 2.10. The summed E-state index contributed by atoms with van der Waals surface area (Å²) in [5.74, 6) is 0.114. The van der Waals surface area contributed by atoms with E-state index in [1.54, 1.807) is 31.4 Å². The van der Waals surface area contributed by atoms with Gasteiger partial charge in [-0.25, -0.2) is 0 Å². The van der Waals surface area contributed by atoms with Crippen molar-refractivity contribution >= 4 is 5.91 Å². The van der Waals surface area contributed by atoms with Crippen LogP contribution >= 0.6 is 0 Å². The Labute approximate surface area is 115 Å². The first-order valence-corrected chi connectivity index (χ1v) is 6.61. The molecule has 19 heavy (non-hydrogen) atoms. The van der Waals surface area contributed by atoms with Crippen molar-refractivity contribution in [2.75, 3.05) is 27.2 Å². The van der Waals surface area contributed by atoms with E-state index >= 15 is 0 Å². The van der Waals surface area contributed by atoms with Gasteiger partial charge in [0.05, 0.1) is 0 Å². The summed E-state index contributed by atoms with van der Waals surface area (Å²) < 4.78 is 0. The number of likely N-dealkylation sites (N-methyl/N-ethyl adjacent to an activating group) is 1. The predicted molar refractivity (Wildman–Crippen MR) is 76.5 cm³/mol. The minimum atomic E-state index is 0.0769. The Balaban J connectivity index is 2.67. The first-order valence-electron chi connectivity index (χ1n) is 6.61. The topological polar surface area (TPSA) is 62.5 Å². The highest BCUT2D eigenvalue weighted by Gasteiger charge is 2.20. The molecule has 0 saturated carbocycles. The molecule has 1 amide bonds. The molecular formula is C14H24N4O. The van der Waals surface area contributed by atoms with E-state index in [1.807, 2.05) is 12.1 Å². The molecule has 0 aliphatic heterocycles. The Hall–Kier alpha value is -1.46. The van der Waals surface area contributed by atoms with Crippen LogP contribution in [0.25, 0.3) is 0 Å². The molecule has 5 nitrogen and oxygen atoms in total. The van der Waals surface area contributed by atoms with E-state index in [0.29, 0.717) is 13.0 Å². The van der Waals surface area contributed by atoms with Crippen LogP contribution < -0.4 is 5.73 Å². The van der Waals surface area contributed by atoms with Crippen molar-refractivity contribution in [2.45, 2.75) is 25.9 Å². The Bertz CT molecular complexity index is 380. The van der Waals surface area contributed by atoms with Gasteiger partial charge in [-0.3, -0.25) is 14.7 Å². The van der Waals surface area contributed by atoms with Crippen molar-refractivity contribution < 1.29 is 4.79 Å². The molecule has 0 spiro atoms. The van der Waals surface area contributed by atoms with E-state index < -0.39 is 0 Å². The van der Waals surface area contributed by atoms with Crippen LogP contribution in [0.2, 0.25) is 0 Å². The number of hydrogen-bond donors (Lipinski definition) is 1. The lowest BCUT2D eigenvalue weighted by Crippen LogP contribution is -2.43. The van der Waals surface area contributed by atoms with Gasteiger partial charge in [0, 0.05) is 52.0 Å². The summed E-state index contributed by atoms with van der Waals surface area (Å²) >= 11 is 0. The predicted octanol–water partition coefficient (Wildman–Crippen LogP) is 0.709. The lowest BCUT2D eigenvalue weighted by atomic mass is 10.1. The number of rotatable bonds is 7. The van der Waals surface area contributed by atoms with Crippen LogP contribution in [0.4, 0.5) is 0 Å². The van der Waals surface area contributed by atoms with E-state index in [4.69, 9.17) is 5.73 Å². The number of nitrogens with zero attached hydrogens (tertiary/aromatic N) is 3. The summed E-state index contributed by atoms with van der Waals surface area (Å²) in [4.78, 5) is 19.7. The molecule has 1 heterocycles. The maximum Gasteiger partial charge on any atom is 0.223 e. The number of nitrogens with two attached hydrogens (primary N) is 1. The van der Waals surface area contributed by atoms with E-state index in [0.717, 1.165) is 13.1 Å². The van der Waals surface area contributed by atoms with E-state index in [2.05, 4.69) is 16.8 Å². The molecule has 1 rings (SSSR count). The molecule has 0 radical (unpaired) electrons. The average molecular weight is 264 g/mol. The van der Waals surface area contributed by atoms with Crippen LogP contribution in [-0.4, -0.2) is 53.9 Å². The number of pyridine rings is 1. The zero-order valence-electron chi connectivity index (χ0n) is 12.0. The van der Waals surface area contributed by atoms with Gasteiger partial charge in [0.1, 0.15) is 0 Å². The molecule has 5 heteroatoms. The number of carbonyl (C=O) groups is 1. The maximum absolute atomic E-state index is 11.8. The third kappa shape index (κ3) is 4.96. The minimum absolute atomic E-state index is 0.0769. The number of amides is 1. The second kappa shape index (κ2) is 7.86. The smallest absolute Gasteiger partial charge is 0.223 e. The van der Waals surface area contributed by atoms with Crippen LogP contribution in [0.15, 0.2) is 24.5 Å². The molecule has 0 bridgehead atoms. The second-order valence-electron chi connectivity index (χ2n) is 4.80. The van der Waals surface area contributed by atoms with Crippen molar-refractivity contribution in [1.82, 2.24) is 14.8 Å². The molecule has 1 aromatic heterocycles. The van der Waals surface area contributed by atoms with Gasteiger partial charge in [-0.15, -0.1) is 0 Å².